The summed E-state index contributed by atoms with van der Waals surface area (Å²) in [5, 5.41) is 0.393. The number of carbonyl (C=O) groups is 1. The van der Waals surface area contributed by atoms with Crippen LogP contribution in [0.5, 0.6) is 0 Å². The van der Waals surface area contributed by atoms with Crippen LogP contribution in [0.25, 0.3) is 11.0 Å². The molecule has 10 heteroatoms. The largest absolute Gasteiger partial charge is 0.368 e. The molecular weight excluding hydrogens is 402 g/mol. The van der Waals surface area contributed by atoms with Gasteiger partial charge in [-0.2, -0.15) is 9.97 Å². The van der Waals surface area contributed by atoms with Crippen molar-refractivity contribution in [2.45, 2.75) is 30.7 Å². The van der Waals surface area contributed by atoms with Crippen molar-refractivity contribution < 1.29 is 13.2 Å². The molecule has 0 radical (unpaired) electrons. The van der Waals surface area contributed by atoms with E-state index in [1.807, 2.05) is 6.92 Å². The molecule has 1 saturated heterocycles. The van der Waals surface area contributed by atoms with Crippen molar-refractivity contribution in [1.29, 1.82) is 0 Å². The van der Waals surface area contributed by atoms with Crippen LogP contribution >= 0.6 is 11.6 Å². The Morgan fingerprint density at radius 3 is 2.61 bits per heavy atom. The number of halogens is 1. The van der Waals surface area contributed by atoms with Crippen molar-refractivity contribution in [3.8, 4) is 0 Å². The Morgan fingerprint density at radius 2 is 1.93 bits per heavy atom. The zero-order valence-corrected chi connectivity index (χ0v) is 16.6. The van der Waals surface area contributed by atoms with Crippen LogP contribution in [0.2, 0.25) is 5.28 Å². The van der Waals surface area contributed by atoms with Gasteiger partial charge in [0.05, 0.1) is 10.3 Å². The fourth-order valence-corrected chi connectivity index (χ4v) is 4.96. The smallest absolute Gasteiger partial charge is 0.269 e. The molecule has 28 heavy (non-hydrogen) atoms. The molecule has 3 heterocycles. The molecule has 4 rings (SSSR count). The highest BCUT2D eigenvalue weighted by Crippen LogP contribution is 2.33. The molecule has 1 aromatic carbocycles. The van der Waals surface area contributed by atoms with Crippen LogP contribution in [0.3, 0.4) is 0 Å². The van der Waals surface area contributed by atoms with Crippen LogP contribution in [0.1, 0.15) is 18.4 Å². The lowest BCUT2D eigenvalue weighted by molar-refractivity contribution is -0.119. The fourth-order valence-electron chi connectivity index (χ4n) is 3.50. The summed E-state index contributed by atoms with van der Waals surface area (Å²) < 4.78 is 27.3. The Kier molecular flexibility index (Phi) is 4.51. The van der Waals surface area contributed by atoms with Gasteiger partial charge in [-0.1, -0.05) is 17.7 Å². The zero-order valence-electron chi connectivity index (χ0n) is 15.0. The summed E-state index contributed by atoms with van der Waals surface area (Å²) in [5.41, 5.74) is 6.62. The zero-order chi connectivity index (χ0) is 20.1. The quantitative estimate of drug-likeness (QED) is 0.648. The van der Waals surface area contributed by atoms with E-state index in [4.69, 9.17) is 17.3 Å². The number of amides is 1. The summed E-state index contributed by atoms with van der Waals surface area (Å²) in [4.78, 5) is 22.1. The Balaban J connectivity index is 1.88. The monoisotopic (exact) mass is 419 g/mol. The van der Waals surface area contributed by atoms with Crippen molar-refractivity contribution >= 4 is 44.4 Å². The molecule has 0 aliphatic carbocycles. The van der Waals surface area contributed by atoms with Gasteiger partial charge in [-0.25, -0.2) is 12.4 Å². The van der Waals surface area contributed by atoms with E-state index in [0.29, 0.717) is 24.2 Å². The molecule has 146 valence electrons. The van der Waals surface area contributed by atoms with Crippen molar-refractivity contribution in [1.82, 2.24) is 13.9 Å². The Bertz CT molecular complexity index is 1170. The number of aromatic nitrogens is 3. The van der Waals surface area contributed by atoms with Gasteiger partial charge in [-0.05, 0) is 49.6 Å². The van der Waals surface area contributed by atoms with E-state index in [1.165, 1.54) is 6.20 Å². The van der Waals surface area contributed by atoms with Gasteiger partial charge in [0.2, 0.25) is 11.2 Å². The topological polar surface area (TPSA) is 111 Å². The molecule has 2 aromatic heterocycles. The standard InChI is InChI=1S/C18H18ClN5O3S/c1-11-4-6-12(7-5-11)28(26,27)24-10-8-13-16(21-18(19)22-17(13)24)23-9-2-3-14(23)15(20)25/h4-8,10,14H,2-3,9H2,1H3,(H2,20,25)/t14-/m0/s1. The maximum absolute atomic E-state index is 13.1. The fraction of sp³-hybridized carbons (Fsp3) is 0.278. The van der Waals surface area contributed by atoms with Gasteiger partial charge in [0.1, 0.15) is 11.9 Å². The number of rotatable bonds is 4. The van der Waals surface area contributed by atoms with Crippen molar-refractivity contribution in [2.24, 2.45) is 5.73 Å². The predicted octanol–water partition coefficient (Wildman–Crippen LogP) is 2.08. The number of nitrogens with zero attached hydrogens (tertiary/aromatic N) is 4. The highest BCUT2D eigenvalue weighted by Gasteiger charge is 2.32. The minimum Gasteiger partial charge on any atom is -0.368 e. The van der Waals surface area contributed by atoms with Crippen molar-refractivity contribution in [3.05, 3.63) is 47.4 Å². The predicted molar refractivity (Wildman–Crippen MR) is 106 cm³/mol. The molecular formula is C18H18ClN5O3S. The third-order valence-corrected chi connectivity index (χ3v) is 6.74. The van der Waals surface area contributed by atoms with E-state index in [9.17, 15) is 13.2 Å². The third-order valence-electron chi connectivity index (χ3n) is 4.89. The van der Waals surface area contributed by atoms with Gasteiger partial charge in [0, 0.05) is 12.7 Å². The van der Waals surface area contributed by atoms with Gasteiger partial charge in [-0.15, -0.1) is 0 Å². The van der Waals surface area contributed by atoms with E-state index in [2.05, 4.69) is 9.97 Å². The summed E-state index contributed by atoms with van der Waals surface area (Å²) in [6, 6.07) is 7.66. The summed E-state index contributed by atoms with van der Waals surface area (Å²) in [6.45, 7) is 2.46. The van der Waals surface area contributed by atoms with Crippen LogP contribution in [0.4, 0.5) is 5.82 Å². The summed E-state index contributed by atoms with van der Waals surface area (Å²) >= 11 is 6.10. The molecule has 0 spiro atoms. The Hall–Kier alpha value is -2.65. The first-order chi connectivity index (χ1) is 13.3. The number of fused-ring (bicyclic) bond motifs is 1. The summed E-state index contributed by atoms with van der Waals surface area (Å²) in [7, 11) is -3.87. The second kappa shape index (κ2) is 6.75. The first-order valence-electron chi connectivity index (χ1n) is 8.72. The summed E-state index contributed by atoms with van der Waals surface area (Å²) in [6.07, 6.45) is 2.81. The van der Waals surface area contributed by atoms with E-state index < -0.39 is 22.0 Å². The van der Waals surface area contributed by atoms with E-state index >= 15 is 0 Å². The highest BCUT2D eigenvalue weighted by atomic mass is 35.5. The van der Waals surface area contributed by atoms with E-state index in [0.717, 1.165) is 16.0 Å². The lowest BCUT2D eigenvalue weighted by atomic mass is 10.2. The van der Waals surface area contributed by atoms with Crippen LogP contribution in [0, 0.1) is 6.92 Å². The second-order valence-electron chi connectivity index (χ2n) is 6.74. The molecule has 2 N–H and O–H groups in total. The van der Waals surface area contributed by atoms with Gasteiger partial charge >= 0.3 is 0 Å². The van der Waals surface area contributed by atoms with Crippen LogP contribution in [-0.4, -0.2) is 40.9 Å². The number of hydrogen-bond acceptors (Lipinski definition) is 6. The SMILES string of the molecule is Cc1ccc(S(=O)(=O)n2ccc3c(N4CCC[C@H]4C(N)=O)nc(Cl)nc32)cc1. The number of benzene rings is 1. The average Bonchev–Trinajstić information content (AvgIpc) is 3.28. The maximum atomic E-state index is 13.1. The molecule has 1 aliphatic heterocycles. The number of nitrogens with two attached hydrogens (primary N) is 1. The van der Waals surface area contributed by atoms with Crippen LogP contribution in [0.15, 0.2) is 41.4 Å². The number of carbonyl (C=O) groups excluding carboxylic acids is 1. The molecule has 0 bridgehead atoms. The first-order valence-corrected chi connectivity index (χ1v) is 10.5. The van der Waals surface area contributed by atoms with Crippen molar-refractivity contribution in [2.75, 3.05) is 11.4 Å². The molecule has 1 amide bonds. The Morgan fingerprint density at radius 1 is 1.21 bits per heavy atom. The van der Waals surface area contributed by atoms with E-state index in [-0.39, 0.29) is 15.8 Å². The number of aryl methyl sites for hydroxylation is 1. The molecule has 1 aliphatic rings. The van der Waals surface area contributed by atoms with Gasteiger partial charge < -0.3 is 10.6 Å². The lowest BCUT2D eigenvalue weighted by Gasteiger charge is -2.23. The minimum absolute atomic E-state index is 0.100. The van der Waals surface area contributed by atoms with E-state index in [1.54, 1.807) is 35.2 Å². The molecule has 1 fully saturated rings. The third kappa shape index (κ3) is 3.00. The molecule has 1 atom stereocenters. The van der Waals surface area contributed by atoms with Crippen LogP contribution < -0.4 is 10.6 Å². The second-order valence-corrected chi connectivity index (χ2v) is 8.89. The number of anilines is 1. The first kappa shape index (κ1) is 18.7. The normalized spacial score (nSPS) is 17.4. The van der Waals surface area contributed by atoms with Gasteiger partial charge in [-0.3, -0.25) is 4.79 Å². The van der Waals surface area contributed by atoms with Crippen molar-refractivity contribution in [3.63, 3.8) is 0 Å². The van der Waals surface area contributed by atoms with Gasteiger partial charge in [0.25, 0.3) is 10.0 Å². The average molecular weight is 420 g/mol. The highest BCUT2D eigenvalue weighted by molar-refractivity contribution is 7.90. The molecule has 3 aromatic rings. The van der Waals surface area contributed by atoms with Crippen LogP contribution in [-0.2, 0) is 14.8 Å². The molecule has 0 saturated carbocycles. The molecule has 8 nitrogen and oxygen atoms in total. The summed E-state index contributed by atoms with van der Waals surface area (Å²) in [5.74, 6) is -0.0405. The lowest BCUT2D eigenvalue weighted by Crippen LogP contribution is -2.40. The number of hydrogen-bond donors (Lipinski definition) is 1. The number of primary amides is 1. The van der Waals surface area contributed by atoms with Gasteiger partial charge in [0.15, 0.2) is 5.65 Å². The Labute approximate surface area is 167 Å². The maximum Gasteiger partial charge on any atom is 0.269 e. The molecule has 0 unspecified atom stereocenters. The minimum atomic E-state index is -3.87.